The van der Waals surface area contributed by atoms with E-state index in [1.165, 1.54) is 11.3 Å². The molecule has 28 heavy (non-hydrogen) atoms. The van der Waals surface area contributed by atoms with Crippen LogP contribution in [-0.4, -0.2) is 34.0 Å². The number of thiocarbonyl (C=S) groups is 1. The molecule has 146 valence electrons. The van der Waals surface area contributed by atoms with Crippen LogP contribution in [0.25, 0.3) is 10.4 Å². The molecule has 0 bridgehead atoms. The molecular formula is C19H19ClN4O2S2. The van der Waals surface area contributed by atoms with Crippen LogP contribution in [0.2, 0.25) is 5.02 Å². The Bertz CT molecular complexity index is 956. The fourth-order valence-corrected chi connectivity index (χ4v) is 3.96. The molecule has 6 nitrogen and oxygen atoms in total. The molecule has 3 rings (SSSR count). The Morgan fingerprint density at radius 2 is 2.14 bits per heavy atom. The number of nitrogens with zero attached hydrogens (tertiary/aromatic N) is 2. The van der Waals surface area contributed by atoms with E-state index in [0.29, 0.717) is 40.4 Å². The molecule has 0 aliphatic carbocycles. The predicted molar refractivity (Wildman–Crippen MR) is 117 cm³/mol. The minimum atomic E-state index is -0.377. The van der Waals surface area contributed by atoms with Crippen molar-refractivity contribution in [1.82, 2.24) is 15.1 Å². The van der Waals surface area contributed by atoms with Gasteiger partial charge >= 0.3 is 5.97 Å². The monoisotopic (exact) mass is 434 g/mol. The van der Waals surface area contributed by atoms with E-state index in [2.05, 4.69) is 15.7 Å². The Labute approximate surface area is 177 Å². The second kappa shape index (κ2) is 9.68. The van der Waals surface area contributed by atoms with Crippen LogP contribution in [-0.2, 0) is 11.3 Å². The highest BCUT2D eigenvalue weighted by Crippen LogP contribution is 2.35. The molecule has 0 saturated heterocycles. The van der Waals surface area contributed by atoms with Gasteiger partial charge in [0.15, 0.2) is 5.11 Å². The third kappa shape index (κ3) is 5.31. The number of rotatable bonds is 7. The normalized spacial score (nSPS) is 10.5. The number of carbonyl (C=O) groups excluding carboxylic acids is 1. The van der Waals surface area contributed by atoms with E-state index < -0.39 is 0 Å². The summed E-state index contributed by atoms with van der Waals surface area (Å²) in [5, 5.41) is 12.0. The number of anilines is 1. The Morgan fingerprint density at radius 1 is 1.36 bits per heavy atom. The molecule has 0 amide bonds. The molecule has 9 heteroatoms. The Hall–Kier alpha value is -2.42. The van der Waals surface area contributed by atoms with Crippen molar-refractivity contribution in [2.24, 2.45) is 0 Å². The number of halogens is 1. The Balaban J connectivity index is 1.69. The smallest absolute Gasteiger partial charge is 0.341 e. The summed E-state index contributed by atoms with van der Waals surface area (Å²) >= 11 is 12.7. The molecule has 0 radical (unpaired) electrons. The second-order valence-corrected chi connectivity index (χ2v) is 7.64. The van der Waals surface area contributed by atoms with Crippen molar-refractivity contribution in [1.29, 1.82) is 0 Å². The fourth-order valence-electron chi connectivity index (χ4n) is 2.48. The maximum absolute atomic E-state index is 12.3. The lowest BCUT2D eigenvalue weighted by molar-refractivity contribution is 0.0528. The van der Waals surface area contributed by atoms with Gasteiger partial charge in [0.2, 0.25) is 0 Å². The first kappa shape index (κ1) is 20.3. The van der Waals surface area contributed by atoms with E-state index >= 15 is 0 Å². The Morgan fingerprint density at radius 3 is 2.82 bits per heavy atom. The SMILES string of the molecule is CCOC(=O)c1cc(-c2ccccc2)sc1NC(=S)NCCn1cc(Cl)cn1. The zero-order valence-corrected chi connectivity index (χ0v) is 17.5. The molecule has 2 aromatic heterocycles. The molecule has 1 aromatic carbocycles. The standard InChI is InChI=1S/C19H19ClN4O2S2/c1-2-26-18(25)15-10-16(13-6-4-3-5-7-13)28-17(15)23-19(27)21-8-9-24-12-14(20)11-22-24/h3-7,10-12H,2,8-9H2,1H3,(H2,21,23,27). The second-order valence-electron chi connectivity index (χ2n) is 5.74. The first-order valence-corrected chi connectivity index (χ1v) is 10.3. The van der Waals surface area contributed by atoms with Crippen LogP contribution in [0.4, 0.5) is 5.00 Å². The number of carbonyl (C=O) groups is 1. The molecule has 0 aliphatic rings. The van der Waals surface area contributed by atoms with Crippen molar-refractivity contribution in [3.05, 3.63) is 59.4 Å². The third-order valence-corrected chi connectivity index (χ3v) is 5.28. The summed E-state index contributed by atoms with van der Waals surface area (Å²) in [6.07, 6.45) is 3.32. The maximum atomic E-state index is 12.3. The number of esters is 1. The van der Waals surface area contributed by atoms with Gasteiger partial charge in [-0.3, -0.25) is 4.68 Å². The van der Waals surface area contributed by atoms with Crippen LogP contribution in [0, 0.1) is 0 Å². The lowest BCUT2D eigenvalue weighted by atomic mass is 10.1. The van der Waals surface area contributed by atoms with Gasteiger partial charge in [0.1, 0.15) is 5.00 Å². The number of hydrogen-bond acceptors (Lipinski definition) is 5. The minimum absolute atomic E-state index is 0.309. The van der Waals surface area contributed by atoms with Gasteiger partial charge in [0.25, 0.3) is 0 Å². The number of nitrogens with one attached hydrogen (secondary N) is 2. The van der Waals surface area contributed by atoms with Crippen LogP contribution >= 0.6 is 35.2 Å². The van der Waals surface area contributed by atoms with Crippen LogP contribution in [0.5, 0.6) is 0 Å². The number of benzene rings is 1. The van der Waals surface area contributed by atoms with E-state index in [0.717, 1.165) is 10.4 Å². The highest BCUT2D eigenvalue weighted by molar-refractivity contribution is 7.80. The molecule has 0 atom stereocenters. The fraction of sp³-hybridized carbons (Fsp3) is 0.211. The number of thiophene rings is 1. The van der Waals surface area contributed by atoms with E-state index in [1.54, 1.807) is 24.0 Å². The van der Waals surface area contributed by atoms with Crippen LogP contribution in [0.1, 0.15) is 17.3 Å². The van der Waals surface area contributed by atoms with E-state index in [4.69, 9.17) is 28.6 Å². The summed E-state index contributed by atoms with van der Waals surface area (Å²) in [5.41, 5.74) is 1.49. The van der Waals surface area contributed by atoms with Crippen LogP contribution < -0.4 is 10.6 Å². The summed E-state index contributed by atoms with van der Waals surface area (Å²) in [6, 6.07) is 11.7. The first-order chi connectivity index (χ1) is 13.6. The van der Waals surface area contributed by atoms with Gasteiger partial charge in [-0.1, -0.05) is 41.9 Å². The van der Waals surface area contributed by atoms with Crippen molar-refractivity contribution < 1.29 is 9.53 Å². The lowest BCUT2D eigenvalue weighted by Gasteiger charge is -2.10. The maximum Gasteiger partial charge on any atom is 0.341 e. The van der Waals surface area contributed by atoms with E-state index in [1.807, 2.05) is 36.4 Å². The average molecular weight is 435 g/mol. The van der Waals surface area contributed by atoms with Crippen molar-refractivity contribution in [2.45, 2.75) is 13.5 Å². The quantitative estimate of drug-likeness (QED) is 0.423. The number of hydrogen-bond donors (Lipinski definition) is 2. The van der Waals surface area contributed by atoms with Crippen molar-refractivity contribution in [2.75, 3.05) is 18.5 Å². The zero-order valence-electron chi connectivity index (χ0n) is 15.1. The minimum Gasteiger partial charge on any atom is -0.462 e. The Kier molecular flexibility index (Phi) is 7.02. The van der Waals surface area contributed by atoms with Gasteiger partial charge in [0, 0.05) is 17.6 Å². The molecule has 0 aliphatic heterocycles. The largest absolute Gasteiger partial charge is 0.462 e. The summed E-state index contributed by atoms with van der Waals surface area (Å²) in [4.78, 5) is 13.3. The highest BCUT2D eigenvalue weighted by atomic mass is 35.5. The molecular weight excluding hydrogens is 416 g/mol. The lowest BCUT2D eigenvalue weighted by Crippen LogP contribution is -2.31. The summed E-state index contributed by atoms with van der Waals surface area (Å²) in [6.45, 7) is 3.27. The number of ether oxygens (including phenoxy) is 1. The van der Waals surface area contributed by atoms with Crippen LogP contribution in [0.3, 0.4) is 0 Å². The zero-order chi connectivity index (χ0) is 19.9. The van der Waals surface area contributed by atoms with Gasteiger partial charge in [-0.2, -0.15) is 5.10 Å². The topological polar surface area (TPSA) is 68.2 Å². The van der Waals surface area contributed by atoms with Gasteiger partial charge in [-0.15, -0.1) is 11.3 Å². The third-order valence-electron chi connectivity index (χ3n) is 3.74. The summed E-state index contributed by atoms with van der Waals surface area (Å²) in [5.74, 6) is -0.377. The van der Waals surface area contributed by atoms with E-state index in [9.17, 15) is 4.79 Å². The predicted octanol–water partition coefficient (Wildman–Crippen LogP) is 4.43. The molecule has 0 fully saturated rings. The van der Waals surface area contributed by atoms with E-state index in [-0.39, 0.29) is 5.97 Å². The van der Waals surface area contributed by atoms with Crippen molar-refractivity contribution in [3.8, 4) is 10.4 Å². The summed E-state index contributed by atoms with van der Waals surface area (Å²) in [7, 11) is 0. The molecule has 3 aromatic rings. The molecule has 2 N–H and O–H groups in total. The molecule has 2 heterocycles. The van der Waals surface area contributed by atoms with Gasteiger partial charge < -0.3 is 15.4 Å². The van der Waals surface area contributed by atoms with Crippen molar-refractivity contribution in [3.63, 3.8) is 0 Å². The first-order valence-electron chi connectivity index (χ1n) is 8.66. The molecule has 0 saturated carbocycles. The average Bonchev–Trinajstić information content (AvgIpc) is 3.29. The van der Waals surface area contributed by atoms with Crippen molar-refractivity contribution >= 4 is 51.2 Å². The molecule has 0 unspecified atom stereocenters. The molecule has 0 spiro atoms. The van der Waals surface area contributed by atoms with Gasteiger partial charge in [-0.05, 0) is 30.8 Å². The summed E-state index contributed by atoms with van der Waals surface area (Å²) < 4.78 is 6.90. The highest BCUT2D eigenvalue weighted by Gasteiger charge is 2.19. The number of aromatic nitrogens is 2. The van der Waals surface area contributed by atoms with Gasteiger partial charge in [0.05, 0.1) is 29.9 Å². The van der Waals surface area contributed by atoms with Gasteiger partial charge in [-0.25, -0.2) is 4.79 Å². The van der Waals surface area contributed by atoms with Crippen LogP contribution in [0.15, 0.2) is 48.8 Å².